The number of aromatic nitrogens is 2. The van der Waals surface area contributed by atoms with Crippen LogP contribution in [0.2, 0.25) is 0 Å². The van der Waals surface area contributed by atoms with Gasteiger partial charge in [0.25, 0.3) is 0 Å². The van der Waals surface area contributed by atoms with Crippen molar-refractivity contribution in [1.82, 2.24) is 15.1 Å². The molecule has 0 bridgehead atoms. The van der Waals surface area contributed by atoms with E-state index in [1.165, 1.54) is 0 Å². The van der Waals surface area contributed by atoms with Gasteiger partial charge in [0.2, 0.25) is 0 Å². The number of carbonyl (C=O) groups is 1. The molecule has 0 spiro atoms. The molecule has 35 heavy (non-hydrogen) atoms. The monoisotopic (exact) mass is 469 g/mol. The van der Waals surface area contributed by atoms with E-state index in [0.29, 0.717) is 0 Å². The quantitative estimate of drug-likeness (QED) is 0.384. The summed E-state index contributed by atoms with van der Waals surface area (Å²) in [5.41, 5.74) is 4.62. The van der Waals surface area contributed by atoms with Crippen molar-refractivity contribution < 1.29 is 14.3 Å². The standard InChI is InChI=1S/C29H31N3O3/c1-32-16-14-24(15-17-32)35-23-11-9-21(10-12-23)28-25-18-20(8-13-26(25)30-31-28)19-27(33)29(34-2)22-6-4-3-5-7-22/h3-13,18,24,29H,14-17,19H2,1-2H3,(H,30,31)/t29-/m1/s1. The van der Waals surface area contributed by atoms with Gasteiger partial charge < -0.3 is 14.4 Å². The number of rotatable bonds is 8. The number of ether oxygens (including phenoxy) is 2. The molecule has 1 N–H and O–H groups in total. The normalized spacial score (nSPS) is 15.8. The molecule has 0 amide bonds. The predicted octanol–water partition coefficient (Wildman–Crippen LogP) is 5.20. The van der Waals surface area contributed by atoms with E-state index >= 15 is 0 Å². The van der Waals surface area contributed by atoms with Crippen molar-refractivity contribution in [2.45, 2.75) is 31.5 Å². The number of nitrogens with zero attached hydrogens (tertiary/aromatic N) is 2. The Kier molecular flexibility index (Phi) is 6.93. The molecule has 1 fully saturated rings. The highest BCUT2D eigenvalue weighted by Gasteiger charge is 2.21. The summed E-state index contributed by atoms with van der Waals surface area (Å²) in [6.45, 7) is 2.15. The van der Waals surface area contributed by atoms with Crippen LogP contribution in [-0.2, 0) is 16.0 Å². The number of likely N-dealkylation sites (tertiary alicyclic amines) is 1. The molecule has 180 valence electrons. The number of Topliss-reactive ketones (excluding diaryl/α,β-unsaturated/α-hetero) is 1. The van der Waals surface area contributed by atoms with E-state index in [2.05, 4.69) is 22.1 Å². The lowest BCUT2D eigenvalue weighted by Gasteiger charge is -2.29. The van der Waals surface area contributed by atoms with Gasteiger partial charge in [-0.2, -0.15) is 5.10 Å². The maximum atomic E-state index is 13.0. The lowest BCUT2D eigenvalue weighted by Crippen LogP contribution is -2.35. The van der Waals surface area contributed by atoms with Crippen molar-refractivity contribution >= 4 is 16.7 Å². The first-order valence-corrected chi connectivity index (χ1v) is 12.1. The minimum atomic E-state index is -0.576. The predicted molar refractivity (Wildman–Crippen MR) is 138 cm³/mol. The van der Waals surface area contributed by atoms with Crippen molar-refractivity contribution in [1.29, 1.82) is 0 Å². The van der Waals surface area contributed by atoms with E-state index in [0.717, 1.165) is 65.0 Å². The molecule has 4 aromatic rings. The molecule has 5 rings (SSSR count). The molecule has 6 nitrogen and oxygen atoms in total. The average molecular weight is 470 g/mol. The summed E-state index contributed by atoms with van der Waals surface area (Å²) in [6.07, 6.45) is 2.09. The van der Waals surface area contributed by atoms with Crippen LogP contribution < -0.4 is 4.74 Å². The minimum Gasteiger partial charge on any atom is -0.490 e. The number of hydrogen-bond donors (Lipinski definition) is 1. The highest BCUT2D eigenvalue weighted by molar-refractivity contribution is 5.94. The molecule has 1 aliphatic heterocycles. The molecule has 0 radical (unpaired) electrons. The van der Waals surface area contributed by atoms with Gasteiger partial charge >= 0.3 is 0 Å². The van der Waals surface area contributed by atoms with E-state index in [1.54, 1.807) is 7.11 Å². The van der Waals surface area contributed by atoms with Gasteiger partial charge in [0.1, 0.15) is 18.0 Å². The summed E-state index contributed by atoms with van der Waals surface area (Å²) >= 11 is 0. The third kappa shape index (κ3) is 5.29. The molecule has 0 unspecified atom stereocenters. The molecule has 0 aliphatic carbocycles. The Hall–Kier alpha value is -3.48. The van der Waals surface area contributed by atoms with Crippen molar-refractivity contribution in [3.8, 4) is 17.0 Å². The van der Waals surface area contributed by atoms with Crippen LogP contribution in [0.5, 0.6) is 5.75 Å². The van der Waals surface area contributed by atoms with Gasteiger partial charge in [-0.25, -0.2) is 0 Å². The fourth-order valence-electron chi connectivity index (χ4n) is 4.75. The van der Waals surface area contributed by atoms with Gasteiger partial charge in [-0.15, -0.1) is 0 Å². The van der Waals surface area contributed by atoms with Crippen molar-refractivity contribution in [2.24, 2.45) is 0 Å². The molecule has 0 saturated carbocycles. The van der Waals surface area contributed by atoms with Gasteiger partial charge in [-0.3, -0.25) is 9.89 Å². The second kappa shape index (κ2) is 10.4. The van der Waals surface area contributed by atoms with Crippen molar-refractivity contribution in [2.75, 3.05) is 27.2 Å². The summed E-state index contributed by atoms with van der Waals surface area (Å²) in [6, 6.07) is 23.7. The Morgan fingerprint density at radius 1 is 1.06 bits per heavy atom. The first-order valence-electron chi connectivity index (χ1n) is 12.1. The zero-order valence-corrected chi connectivity index (χ0v) is 20.2. The number of aromatic amines is 1. The van der Waals surface area contributed by atoms with Gasteiger partial charge in [-0.1, -0.05) is 36.4 Å². The van der Waals surface area contributed by atoms with Crippen molar-refractivity contribution in [3.63, 3.8) is 0 Å². The number of carbonyl (C=O) groups excluding carboxylic acids is 1. The topological polar surface area (TPSA) is 67.5 Å². The van der Waals surface area contributed by atoms with Crippen LogP contribution in [-0.4, -0.2) is 54.2 Å². The number of ketones is 1. The summed E-state index contributed by atoms with van der Waals surface area (Å²) in [5, 5.41) is 8.67. The Morgan fingerprint density at radius 3 is 2.51 bits per heavy atom. The average Bonchev–Trinajstić information content (AvgIpc) is 3.30. The van der Waals surface area contributed by atoms with Crippen LogP contribution in [0.3, 0.4) is 0 Å². The molecule has 1 saturated heterocycles. The maximum Gasteiger partial charge on any atom is 0.170 e. The SMILES string of the molecule is CO[C@@H](C(=O)Cc1ccc2[nH]nc(-c3ccc(OC4CCN(C)CC4)cc3)c2c1)c1ccccc1. The molecule has 6 heteroatoms. The lowest BCUT2D eigenvalue weighted by molar-refractivity contribution is -0.128. The molecule has 1 atom stereocenters. The number of H-pyrrole nitrogens is 1. The van der Waals surface area contributed by atoms with E-state index < -0.39 is 6.10 Å². The Bertz CT molecular complexity index is 1280. The summed E-state index contributed by atoms with van der Waals surface area (Å²) in [4.78, 5) is 15.4. The van der Waals surface area contributed by atoms with Crippen LogP contribution in [0.25, 0.3) is 22.2 Å². The first kappa shape index (κ1) is 23.3. The first-order chi connectivity index (χ1) is 17.1. The molecule has 3 aromatic carbocycles. The fraction of sp³-hybridized carbons (Fsp3) is 0.310. The fourth-order valence-corrected chi connectivity index (χ4v) is 4.75. The third-order valence-corrected chi connectivity index (χ3v) is 6.73. The van der Waals surface area contributed by atoms with Gasteiger partial charge in [0, 0.05) is 37.6 Å². The number of nitrogens with one attached hydrogen (secondary N) is 1. The van der Waals surface area contributed by atoms with Gasteiger partial charge in [0.05, 0.1) is 11.2 Å². The lowest BCUT2D eigenvalue weighted by atomic mass is 9.98. The molecular weight excluding hydrogens is 438 g/mol. The van der Waals surface area contributed by atoms with E-state index in [4.69, 9.17) is 9.47 Å². The van der Waals surface area contributed by atoms with Crippen LogP contribution in [0.15, 0.2) is 72.8 Å². The minimum absolute atomic E-state index is 0.0264. The van der Waals surface area contributed by atoms with Crippen LogP contribution in [0.4, 0.5) is 0 Å². The van der Waals surface area contributed by atoms with Crippen LogP contribution in [0.1, 0.15) is 30.1 Å². The van der Waals surface area contributed by atoms with Crippen LogP contribution >= 0.6 is 0 Å². The number of benzene rings is 3. The van der Waals surface area contributed by atoms with E-state index in [1.807, 2.05) is 72.8 Å². The zero-order chi connectivity index (χ0) is 24.2. The molecule has 1 aliphatic rings. The second-order valence-corrected chi connectivity index (χ2v) is 9.27. The number of fused-ring (bicyclic) bond motifs is 1. The Balaban J connectivity index is 1.32. The summed E-state index contributed by atoms with van der Waals surface area (Å²) in [5.74, 6) is 0.916. The zero-order valence-electron chi connectivity index (χ0n) is 20.2. The maximum absolute atomic E-state index is 13.0. The summed E-state index contributed by atoms with van der Waals surface area (Å²) in [7, 11) is 3.73. The van der Waals surface area contributed by atoms with Crippen molar-refractivity contribution in [3.05, 3.63) is 83.9 Å². The summed E-state index contributed by atoms with van der Waals surface area (Å²) < 4.78 is 11.7. The molecule has 2 heterocycles. The van der Waals surface area contributed by atoms with Gasteiger partial charge in [0.15, 0.2) is 5.78 Å². The second-order valence-electron chi connectivity index (χ2n) is 9.27. The molecule has 1 aromatic heterocycles. The Labute approximate surface area is 205 Å². The highest BCUT2D eigenvalue weighted by atomic mass is 16.5. The number of hydrogen-bond acceptors (Lipinski definition) is 5. The smallest absolute Gasteiger partial charge is 0.170 e. The highest BCUT2D eigenvalue weighted by Crippen LogP contribution is 2.30. The van der Waals surface area contributed by atoms with Crippen LogP contribution in [0, 0.1) is 0 Å². The number of methoxy groups -OCH3 is 1. The third-order valence-electron chi connectivity index (χ3n) is 6.73. The van der Waals surface area contributed by atoms with E-state index in [9.17, 15) is 4.79 Å². The Morgan fingerprint density at radius 2 is 1.80 bits per heavy atom. The van der Waals surface area contributed by atoms with E-state index in [-0.39, 0.29) is 18.3 Å². The number of piperidine rings is 1. The van der Waals surface area contributed by atoms with Gasteiger partial charge in [-0.05, 0) is 67.4 Å². The largest absolute Gasteiger partial charge is 0.490 e. The molecular formula is C29H31N3O3.